The molecule has 0 saturated carbocycles. The quantitative estimate of drug-likeness (QED) is 0.622. The van der Waals surface area contributed by atoms with Crippen molar-refractivity contribution in [2.24, 2.45) is 4.99 Å². The Morgan fingerprint density at radius 3 is 2.37 bits per heavy atom. The number of nitrogens with zero attached hydrogens (tertiary/aromatic N) is 1. The van der Waals surface area contributed by atoms with Crippen molar-refractivity contribution in [1.29, 1.82) is 0 Å². The molecule has 0 aliphatic rings. The number of halogens is 1. The van der Waals surface area contributed by atoms with E-state index in [1.165, 1.54) is 18.2 Å². The molecule has 0 N–H and O–H groups in total. The van der Waals surface area contributed by atoms with E-state index in [4.69, 9.17) is 9.47 Å². The van der Waals surface area contributed by atoms with Crippen molar-refractivity contribution in [3.8, 4) is 17.2 Å². The fourth-order valence-corrected chi connectivity index (χ4v) is 1.47. The molecule has 0 unspecified atom stereocenters. The van der Waals surface area contributed by atoms with Crippen molar-refractivity contribution in [3.63, 3.8) is 0 Å². The molecule has 0 radical (unpaired) electrons. The Bertz CT molecular complexity index is 619. The summed E-state index contributed by atoms with van der Waals surface area (Å²) in [5.41, 5.74) is 0.189. The number of hydrogen-bond donors (Lipinski definition) is 0. The van der Waals surface area contributed by atoms with Gasteiger partial charge in [0.15, 0.2) is 11.6 Å². The molecule has 0 aliphatic heterocycles. The first-order chi connectivity index (χ1) is 9.22. The third kappa shape index (κ3) is 3.18. The van der Waals surface area contributed by atoms with Crippen LogP contribution in [0.25, 0.3) is 0 Å². The predicted molar refractivity (Wildman–Crippen MR) is 67.2 cm³/mol. The first kappa shape index (κ1) is 12.8. The lowest BCUT2D eigenvalue weighted by atomic mass is 10.3. The van der Waals surface area contributed by atoms with Gasteiger partial charge in [-0.15, -0.1) is 0 Å². The Hall–Kier alpha value is -2.65. The van der Waals surface area contributed by atoms with Gasteiger partial charge < -0.3 is 9.47 Å². The van der Waals surface area contributed by atoms with Crippen molar-refractivity contribution in [1.82, 2.24) is 0 Å². The summed E-state index contributed by atoms with van der Waals surface area (Å²) in [5.74, 6) is 0.608. The SMILES string of the molecule is COc1ccc(Oc2ccc(N=C=O)cc2F)cc1. The summed E-state index contributed by atoms with van der Waals surface area (Å²) in [6.45, 7) is 0. The molecule has 0 heterocycles. The molecule has 96 valence electrons. The third-order valence-electron chi connectivity index (χ3n) is 2.38. The highest BCUT2D eigenvalue weighted by Crippen LogP contribution is 2.28. The molecule has 0 spiro atoms. The van der Waals surface area contributed by atoms with E-state index in [0.29, 0.717) is 11.5 Å². The number of hydrogen-bond acceptors (Lipinski definition) is 4. The maximum absolute atomic E-state index is 13.7. The molecule has 4 nitrogen and oxygen atoms in total. The van der Waals surface area contributed by atoms with Gasteiger partial charge in [0.2, 0.25) is 6.08 Å². The molecule has 0 aliphatic carbocycles. The molecule has 2 aromatic carbocycles. The molecule has 0 saturated heterocycles. The summed E-state index contributed by atoms with van der Waals surface area (Å²) < 4.78 is 24.0. The summed E-state index contributed by atoms with van der Waals surface area (Å²) >= 11 is 0. The average Bonchev–Trinajstić information content (AvgIpc) is 2.43. The van der Waals surface area contributed by atoms with Crippen molar-refractivity contribution in [2.75, 3.05) is 7.11 Å². The second kappa shape index (κ2) is 5.80. The highest BCUT2D eigenvalue weighted by atomic mass is 19.1. The second-order valence-electron chi connectivity index (χ2n) is 3.60. The monoisotopic (exact) mass is 259 g/mol. The van der Waals surface area contributed by atoms with Gasteiger partial charge in [0.25, 0.3) is 0 Å². The third-order valence-corrected chi connectivity index (χ3v) is 2.38. The molecule has 0 atom stereocenters. The van der Waals surface area contributed by atoms with Crippen LogP contribution < -0.4 is 9.47 Å². The van der Waals surface area contributed by atoms with Gasteiger partial charge in [-0.3, -0.25) is 0 Å². The lowest BCUT2D eigenvalue weighted by molar-refractivity contribution is 0.411. The largest absolute Gasteiger partial charge is 0.497 e. The van der Waals surface area contributed by atoms with E-state index in [0.717, 1.165) is 6.07 Å². The summed E-state index contributed by atoms with van der Waals surface area (Å²) in [4.78, 5) is 13.4. The fraction of sp³-hybridized carbons (Fsp3) is 0.0714. The van der Waals surface area contributed by atoms with E-state index >= 15 is 0 Å². The minimum atomic E-state index is -0.604. The number of carbonyl (C=O) groups excluding carboxylic acids is 1. The maximum atomic E-state index is 13.7. The summed E-state index contributed by atoms with van der Waals surface area (Å²) in [5, 5.41) is 0. The first-order valence-corrected chi connectivity index (χ1v) is 5.42. The Kier molecular flexibility index (Phi) is 3.90. The fourth-order valence-electron chi connectivity index (χ4n) is 1.47. The van der Waals surface area contributed by atoms with Gasteiger partial charge in [-0.25, -0.2) is 9.18 Å². The van der Waals surface area contributed by atoms with Gasteiger partial charge in [0, 0.05) is 6.07 Å². The molecule has 0 aromatic heterocycles. The predicted octanol–water partition coefficient (Wildman–Crippen LogP) is 3.59. The van der Waals surface area contributed by atoms with Crippen molar-refractivity contribution < 1.29 is 18.7 Å². The Morgan fingerprint density at radius 2 is 1.79 bits per heavy atom. The topological polar surface area (TPSA) is 47.9 Å². The van der Waals surface area contributed by atoms with Crippen molar-refractivity contribution >= 4 is 11.8 Å². The highest BCUT2D eigenvalue weighted by Gasteiger charge is 2.06. The smallest absolute Gasteiger partial charge is 0.240 e. The van der Waals surface area contributed by atoms with Crippen LogP contribution >= 0.6 is 0 Å². The second-order valence-corrected chi connectivity index (χ2v) is 3.60. The number of ether oxygens (including phenoxy) is 2. The lowest BCUT2D eigenvalue weighted by Crippen LogP contribution is -1.88. The Morgan fingerprint density at radius 1 is 1.11 bits per heavy atom. The first-order valence-electron chi connectivity index (χ1n) is 5.42. The normalized spacial score (nSPS) is 9.58. The van der Waals surface area contributed by atoms with Crippen molar-refractivity contribution in [3.05, 3.63) is 48.3 Å². The standard InChI is InChI=1S/C14H10FNO3/c1-18-11-3-5-12(6-4-11)19-14-7-2-10(16-9-17)8-13(14)15/h2-8H,1H3. The van der Waals surface area contributed by atoms with Gasteiger partial charge in [-0.05, 0) is 36.4 Å². The number of methoxy groups -OCH3 is 1. The van der Waals surface area contributed by atoms with Crippen LogP contribution in [0.3, 0.4) is 0 Å². The molecule has 0 fully saturated rings. The zero-order valence-electron chi connectivity index (χ0n) is 10.1. The Labute approximate surface area is 109 Å². The molecule has 0 bridgehead atoms. The molecule has 5 heteroatoms. The van der Waals surface area contributed by atoms with Crippen LogP contribution in [0.5, 0.6) is 17.2 Å². The minimum Gasteiger partial charge on any atom is -0.497 e. The van der Waals surface area contributed by atoms with E-state index < -0.39 is 5.82 Å². The van der Waals surface area contributed by atoms with Gasteiger partial charge in [0.05, 0.1) is 12.8 Å². The molecular formula is C14H10FNO3. The zero-order valence-corrected chi connectivity index (χ0v) is 10.1. The van der Waals surface area contributed by atoms with E-state index in [9.17, 15) is 9.18 Å². The van der Waals surface area contributed by atoms with E-state index in [2.05, 4.69) is 4.99 Å². The van der Waals surface area contributed by atoms with Gasteiger partial charge >= 0.3 is 0 Å². The van der Waals surface area contributed by atoms with Crippen LogP contribution in [-0.2, 0) is 4.79 Å². The number of isocyanates is 1. The van der Waals surface area contributed by atoms with Crippen LogP contribution in [-0.4, -0.2) is 13.2 Å². The average molecular weight is 259 g/mol. The van der Waals surface area contributed by atoms with Crippen LogP contribution in [0.1, 0.15) is 0 Å². The molecule has 19 heavy (non-hydrogen) atoms. The van der Waals surface area contributed by atoms with E-state index in [1.54, 1.807) is 31.4 Å². The Balaban J connectivity index is 2.20. The van der Waals surface area contributed by atoms with E-state index in [-0.39, 0.29) is 11.4 Å². The molecule has 0 amide bonds. The molecular weight excluding hydrogens is 249 g/mol. The molecule has 2 rings (SSSR count). The van der Waals surface area contributed by atoms with Crippen LogP contribution in [0, 0.1) is 5.82 Å². The van der Waals surface area contributed by atoms with E-state index in [1.807, 2.05) is 0 Å². The van der Waals surface area contributed by atoms with Gasteiger partial charge in [0.1, 0.15) is 11.5 Å². The highest BCUT2D eigenvalue weighted by molar-refractivity contribution is 5.51. The summed E-state index contributed by atoms with van der Waals surface area (Å²) in [6.07, 6.45) is 1.35. The van der Waals surface area contributed by atoms with Gasteiger partial charge in [-0.2, -0.15) is 4.99 Å². The maximum Gasteiger partial charge on any atom is 0.240 e. The van der Waals surface area contributed by atoms with Crippen molar-refractivity contribution in [2.45, 2.75) is 0 Å². The number of aliphatic imine (C=N–C) groups is 1. The lowest BCUT2D eigenvalue weighted by Gasteiger charge is -2.07. The zero-order chi connectivity index (χ0) is 13.7. The minimum absolute atomic E-state index is 0.0509. The summed E-state index contributed by atoms with van der Waals surface area (Å²) in [7, 11) is 1.56. The summed E-state index contributed by atoms with van der Waals surface area (Å²) in [6, 6.07) is 10.7. The number of rotatable bonds is 4. The number of benzene rings is 2. The van der Waals surface area contributed by atoms with Crippen LogP contribution in [0.15, 0.2) is 47.5 Å². The van der Waals surface area contributed by atoms with Crippen LogP contribution in [0.4, 0.5) is 10.1 Å². The van der Waals surface area contributed by atoms with Crippen LogP contribution in [0.2, 0.25) is 0 Å². The molecule has 2 aromatic rings. The van der Waals surface area contributed by atoms with Gasteiger partial charge in [-0.1, -0.05) is 0 Å².